The SMILES string of the molecule is CCN(CC(N)=O)Cc1ccc(O)c(Cl)c1. The first kappa shape index (κ1) is 12.8. The number of hydrogen-bond acceptors (Lipinski definition) is 3. The number of carbonyl (C=O) groups excluding carboxylic acids is 1. The number of likely N-dealkylation sites (N-methyl/N-ethyl adjacent to an activating group) is 1. The highest BCUT2D eigenvalue weighted by Crippen LogP contribution is 2.24. The van der Waals surface area contributed by atoms with E-state index < -0.39 is 0 Å². The molecule has 0 aromatic heterocycles. The first-order valence-electron chi connectivity index (χ1n) is 5.01. The molecule has 3 N–H and O–H groups in total. The lowest BCUT2D eigenvalue weighted by molar-refractivity contribution is -0.119. The largest absolute Gasteiger partial charge is 0.506 e. The molecule has 0 heterocycles. The van der Waals surface area contributed by atoms with Crippen LogP contribution in [0.5, 0.6) is 5.75 Å². The van der Waals surface area contributed by atoms with Crippen molar-refractivity contribution in [1.29, 1.82) is 0 Å². The third kappa shape index (κ3) is 3.72. The number of phenols is 1. The van der Waals surface area contributed by atoms with E-state index in [1.807, 2.05) is 11.8 Å². The summed E-state index contributed by atoms with van der Waals surface area (Å²) >= 11 is 5.79. The summed E-state index contributed by atoms with van der Waals surface area (Å²) in [5.74, 6) is -0.296. The first-order chi connectivity index (χ1) is 7.52. The molecule has 16 heavy (non-hydrogen) atoms. The molecular weight excluding hydrogens is 228 g/mol. The van der Waals surface area contributed by atoms with Gasteiger partial charge in [0.15, 0.2) is 0 Å². The Bertz CT molecular complexity index is 382. The molecule has 4 nitrogen and oxygen atoms in total. The monoisotopic (exact) mass is 242 g/mol. The van der Waals surface area contributed by atoms with Crippen LogP contribution in [0.3, 0.4) is 0 Å². The Morgan fingerprint density at radius 1 is 1.56 bits per heavy atom. The van der Waals surface area contributed by atoms with Crippen LogP contribution in [0.2, 0.25) is 5.02 Å². The van der Waals surface area contributed by atoms with E-state index in [1.54, 1.807) is 12.1 Å². The highest BCUT2D eigenvalue weighted by Gasteiger charge is 2.08. The van der Waals surface area contributed by atoms with Crippen LogP contribution in [0.15, 0.2) is 18.2 Å². The van der Waals surface area contributed by atoms with Crippen molar-refractivity contribution in [3.05, 3.63) is 28.8 Å². The van der Waals surface area contributed by atoms with Crippen molar-refractivity contribution >= 4 is 17.5 Å². The Labute approximate surface area is 99.6 Å². The van der Waals surface area contributed by atoms with Crippen molar-refractivity contribution in [3.8, 4) is 5.75 Å². The minimum absolute atomic E-state index is 0.0587. The van der Waals surface area contributed by atoms with Gasteiger partial charge in [0.1, 0.15) is 5.75 Å². The zero-order valence-corrected chi connectivity index (χ0v) is 9.87. The molecule has 1 rings (SSSR count). The van der Waals surface area contributed by atoms with E-state index >= 15 is 0 Å². The summed E-state index contributed by atoms with van der Waals surface area (Å²) in [5, 5.41) is 9.57. The second kappa shape index (κ2) is 5.72. The molecule has 0 unspecified atom stereocenters. The number of phenolic OH excluding ortho intramolecular Hbond substituents is 1. The van der Waals surface area contributed by atoms with Gasteiger partial charge in [-0.05, 0) is 24.2 Å². The van der Waals surface area contributed by atoms with Crippen molar-refractivity contribution in [1.82, 2.24) is 4.90 Å². The molecule has 0 saturated carbocycles. The van der Waals surface area contributed by atoms with Crippen LogP contribution < -0.4 is 5.73 Å². The third-order valence-electron chi connectivity index (χ3n) is 2.24. The van der Waals surface area contributed by atoms with Gasteiger partial charge in [-0.1, -0.05) is 24.6 Å². The predicted molar refractivity (Wildman–Crippen MR) is 63.3 cm³/mol. The van der Waals surface area contributed by atoms with Gasteiger partial charge >= 0.3 is 0 Å². The topological polar surface area (TPSA) is 66.6 Å². The van der Waals surface area contributed by atoms with E-state index in [2.05, 4.69) is 0 Å². The summed E-state index contributed by atoms with van der Waals surface area (Å²) in [6.07, 6.45) is 0. The van der Waals surface area contributed by atoms with Gasteiger partial charge in [0.25, 0.3) is 0 Å². The molecule has 0 aliphatic rings. The lowest BCUT2D eigenvalue weighted by Crippen LogP contribution is -2.33. The van der Waals surface area contributed by atoms with Gasteiger partial charge in [0, 0.05) is 6.54 Å². The van der Waals surface area contributed by atoms with Gasteiger partial charge < -0.3 is 10.8 Å². The highest BCUT2D eigenvalue weighted by molar-refractivity contribution is 6.32. The van der Waals surface area contributed by atoms with Crippen molar-refractivity contribution < 1.29 is 9.90 Å². The minimum Gasteiger partial charge on any atom is -0.506 e. The maximum Gasteiger partial charge on any atom is 0.231 e. The van der Waals surface area contributed by atoms with Crippen molar-refractivity contribution in [2.75, 3.05) is 13.1 Å². The van der Waals surface area contributed by atoms with E-state index in [4.69, 9.17) is 17.3 Å². The van der Waals surface area contributed by atoms with Crippen LogP contribution in [-0.4, -0.2) is 29.0 Å². The maximum absolute atomic E-state index is 10.8. The number of hydrogen-bond donors (Lipinski definition) is 2. The number of amides is 1. The number of halogens is 1. The van der Waals surface area contributed by atoms with Gasteiger partial charge in [-0.15, -0.1) is 0 Å². The summed E-state index contributed by atoms with van der Waals surface area (Å²) in [5.41, 5.74) is 6.07. The minimum atomic E-state index is -0.355. The Morgan fingerprint density at radius 2 is 2.25 bits per heavy atom. The fourth-order valence-electron chi connectivity index (χ4n) is 1.41. The number of benzene rings is 1. The van der Waals surface area contributed by atoms with E-state index in [0.29, 0.717) is 11.6 Å². The van der Waals surface area contributed by atoms with E-state index in [0.717, 1.165) is 12.1 Å². The van der Waals surface area contributed by atoms with Crippen LogP contribution >= 0.6 is 11.6 Å². The molecule has 1 aromatic rings. The summed E-state index contributed by atoms with van der Waals surface area (Å²) in [4.78, 5) is 12.7. The number of nitrogens with zero attached hydrogens (tertiary/aromatic N) is 1. The molecule has 0 atom stereocenters. The highest BCUT2D eigenvalue weighted by atomic mass is 35.5. The molecule has 0 spiro atoms. The smallest absolute Gasteiger partial charge is 0.231 e. The van der Waals surface area contributed by atoms with Crippen molar-refractivity contribution in [2.24, 2.45) is 5.73 Å². The fraction of sp³-hybridized carbons (Fsp3) is 0.364. The molecule has 0 radical (unpaired) electrons. The predicted octanol–water partition coefficient (Wildman–Crippen LogP) is 1.35. The maximum atomic E-state index is 10.8. The number of aromatic hydroxyl groups is 1. The molecule has 0 aliphatic heterocycles. The fourth-order valence-corrected chi connectivity index (χ4v) is 1.61. The zero-order valence-electron chi connectivity index (χ0n) is 9.11. The van der Waals surface area contributed by atoms with Crippen LogP contribution in [0.4, 0.5) is 0 Å². The molecule has 1 aromatic carbocycles. The third-order valence-corrected chi connectivity index (χ3v) is 2.55. The molecule has 5 heteroatoms. The lowest BCUT2D eigenvalue weighted by Gasteiger charge is -2.18. The Kier molecular flexibility index (Phi) is 4.58. The van der Waals surface area contributed by atoms with Gasteiger partial charge in [-0.2, -0.15) is 0 Å². The average molecular weight is 243 g/mol. The Morgan fingerprint density at radius 3 is 2.75 bits per heavy atom. The number of carbonyl (C=O) groups is 1. The van der Waals surface area contributed by atoms with Gasteiger partial charge in [0.2, 0.25) is 5.91 Å². The van der Waals surface area contributed by atoms with Crippen LogP contribution in [0.1, 0.15) is 12.5 Å². The van der Waals surface area contributed by atoms with E-state index in [-0.39, 0.29) is 18.2 Å². The molecule has 0 fully saturated rings. The van der Waals surface area contributed by atoms with Crippen molar-refractivity contribution in [2.45, 2.75) is 13.5 Å². The quantitative estimate of drug-likeness (QED) is 0.819. The Hall–Kier alpha value is -1.26. The van der Waals surface area contributed by atoms with E-state index in [9.17, 15) is 9.90 Å². The summed E-state index contributed by atoms with van der Waals surface area (Å²) in [6, 6.07) is 4.99. The second-order valence-corrected chi connectivity index (χ2v) is 3.96. The second-order valence-electron chi connectivity index (χ2n) is 3.56. The van der Waals surface area contributed by atoms with Gasteiger partial charge in [0.05, 0.1) is 11.6 Å². The summed E-state index contributed by atoms with van der Waals surface area (Å²) < 4.78 is 0. The van der Waals surface area contributed by atoms with Crippen molar-refractivity contribution in [3.63, 3.8) is 0 Å². The molecular formula is C11H15ClN2O2. The lowest BCUT2D eigenvalue weighted by atomic mass is 10.2. The summed E-state index contributed by atoms with van der Waals surface area (Å²) in [7, 11) is 0. The normalized spacial score (nSPS) is 10.7. The molecule has 1 amide bonds. The number of rotatable bonds is 5. The molecule has 0 aliphatic carbocycles. The molecule has 0 bridgehead atoms. The summed E-state index contributed by atoms with van der Waals surface area (Å²) in [6.45, 7) is 3.47. The van der Waals surface area contributed by atoms with Gasteiger partial charge in [-0.3, -0.25) is 9.69 Å². The average Bonchev–Trinajstić information content (AvgIpc) is 2.22. The number of nitrogens with two attached hydrogens (primary N) is 1. The number of primary amides is 1. The zero-order chi connectivity index (χ0) is 12.1. The van der Waals surface area contributed by atoms with E-state index in [1.165, 1.54) is 6.07 Å². The molecule has 0 saturated heterocycles. The van der Waals surface area contributed by atoms with Crippen LogP contribution in [0.25, 0.3) is 0 Å². The van der Waals surface area contributed by atoms with Gasteiger partial charge in [-0.25, -0.2) is 0 Å². The van der Waals surface area contributed by atoms with Crippen LogP contribution in [0, 0.1) is 0 Å². The van der Waals surface area contributed by atoms with Crippen LogP contribution in [-0.2, 0) is 11.3 Å². The standard InChI is InChI=1S/C11H15ClN2O2/c1-2-14(7-11(13)16)6-8-3-4-10(15)9(12)5-8/h3-5,15H,2,6-7H2,1H3,(H2,13,16). The first-order valence-corrected chi connectivity index (χ1v) is 5.38. The Balaban J connectivity index is 2.70. The molecule has 88 valence electrons.